The SMILES string of the molecule is Cc1noc(C)c1CC(=O)NCCCN1CCCCCC1=O. The van der Waals surface area contributed by atoms with Gasteiger partial charge in [0.15, 0.2) is 0 Å². The Morgan fingerprint density at radius 2 is 2.14 bits per heavy atom. The molecule has 0 radical (unpaired) electrons. The third-order valence-electron chi connectivity index (χ3n) is 4.12. The van der Waals surface area contributed by atoms with Gasteiger partial charge in [-0.1, -0.05) is 11.6 Å². The first kappa shape index (κ1) is 16.5. The lowest BCUT2D eigenvalue weighted by Gasteiger charge is -2.20. The quantitative estimate of drug-likeness (QED) is 0.812. The van der Waals surface area contributed by atoms with Crippen LogP contribution in [-0.4, -0.2) is 41.5 Å². The Balaban J connectivity index is 1.68. The summed E-state index contributed by atoms with van der Waals surface area (Å²) in [5.41, 5.74) is 1.63. The summed E-state index contributed by atoms with van der Waals surface area (Å²) in [6, 6.07) is 0. The highest BCUT2D eigenvalue weighted by molar-refractivity contribution is 5.79. The van der Waals surface area contributed by atoms with Gasteiger partial charge in [-0.25, -0.2) is 0 Å². The number of nitrogens with zero attached hydrogens (tertiary/aromatic N) is 2. The van der Waals surface area contributed by atoms with E-state index < -0.39 is 0 Å². The average molecular weight is 307 g/mol. The first-order chi connectivity index (χ1) is 10.6. The molecule has 0 aliphatic carbocycles. The summed E-state index contributed by atoms with van der Waals surface area (Å²) in [4.78, 5) is 25.7. The lowest BCUT2D eigenvalue weighted by molar-refractivity contribution is -0.130. The molecule has 1 aliphatic heterocycles. The van der Waals surface area contributed by atoms with Crippen LogP contribution in [0.5, 0.6) is 0 Å². The van der Waals surface area contributed by atoms with Gasteiger partial charge in [0.05, 0.1) is 12.1 Å². The third kappa shape index (κ3) is 4.58. The van der Waals surface area contributed by atoms with Gasteiger partial charge in [0.25, 0.3) is 0 Å². The van der Waals surface area contributed by atoms with Crippen molar-refractivity contribution in [3.8, 4) is 0 Å². The smallest absolute Gasteiger partial charge is 0.224 e. The maximum absolute atomic E-state index is 11.9. The molecule has 0 unspecified atom stereocenters. The number of hydrogen-bond acceptors (Lipinski definition) is 4. The summed E-state index contributed by atoms with van der Waals surface area (Å²) < 4.78 is 5.05. The fourth-order valence-corrected chi connectivity index (χ4v) is 2.75. The van der Waals surface area contributed by atoms with Crippen molar-refractivity contribution in [1.82, 2.24) is 15.4 Å². The molecule has 2 rings (SSSR count). The molecule has 6 heteroatoms. The molecule has 0 aromatic carbocycles. The van der Waals surface area contributed by atoms with Gasteiger partial charge in [-0.05, 0) is 33.1 Å². The Kier molecular flexibility index (Phi) is 5.98. The maximum Gasteiger partial charge on any atom is 0.224 e. The normalized spacial score (nSPS) is 15.7. The number of likely N-dealkylation sites (tertiary alicyclic amines) is 1. The van der Waals surface area contributed by atoms with E-state index in [1.807, 2.05) is 18.7 Å². The molecule has 6 nitrogen and oxygen atoms in total. The second-order valence-corrected chi connectivity index (χ2v) is 5.87. The van der Waals surface area contributed by atoms with Crippen LogP contribution in [0.1, 0.15) is 49.1 Å². The van der Waals surface area contributed by atoms with Gasteiger partial charge in [0.2, 0.25) is 11.8 Å². The van der Waals surface area contributed by atoms with Crippen LogP contribution in [0.25, 0.3) is 0 Å². The Labute approximate surface area is 131 Å². The number of amides is 2. The molecule has 0 spiro atoms. The Morgan fingerprint density at radius 3 is 2.86 bits per heavy atom. The highest BCUT2D eigenvalue weighted by Gasteiger charge is 2.16. The van der Waals surface area contributed by atoms with Gasteiger partial charge >= 0.3 is 0 Å². The average Bonchev–Trinajstić information content (AvgIpc) is 2.69. The van der Waals surface area contributed by atoms with E-state index in [0.29, 0.717) is 25.1 Å². The van der Waals surface area contributed by atoms with E-state index in [4.69, 9.17) is 4.52 Å². The standard InChI is InChI=1S/C16H25N3O3/c1-12-14(13(2)22-18-12)11-15(20)17-8-6-10-19-9-5-3-4-7-16(19)21/h3-11H2,1-2H3,(H,17,20). The van der Waals surface area contributed by atoms with Crippen LogP contribution in [0.3, 0.4) is 0 Å². The van der Waals surface area contributed by atoms with Crippen LogP contribution in [0.4, 0.5) is 0 Å². The van der Waals surface area contributed by atoms with E-state index in [9.17, 15) is 9.59 Å². The first-order valence-electron chi connectivity index (χ1n) is 8.04. The van der Waals surface area contributed by atoms with Gasteiger partial charge in [-0.2, -0.15) is 0 Å². The minimum absolute atomic E-state index is 0.0309. The lowest BCUT2D eigenvalue weighted by atomic mass is 10.1. The molecule has 1 aromatic rings. The van der Waals surface area contributed by atoms with Crippen molar-refractivity contribution >= 4 is 11.8 Å². The zero-order chi connectivity index (χ0) is 15.9. The molecular weight excluding hydrogens is 282 g/mol. The minimum atomic E-state index is -0.0309. The van der Waals surface area contributed by atoms with Crippen molar-refractivity contribution in [3.05, 3.63) is 17.0 Å². The van der Waals surface area contributed by atoms with Crippen LogP contribution >= 0.6 is 0 Å². The second-order valence-electron chi connectivity index (χ2n) is 5.87. The predicted octanol–water partition coefficient (Wildman–Crippen LogP) is 1.74. The second kappa shape index (κ2) is 7.96. The molecule has 0 atom stereocenters. The van der Waals surface area contributed by atoms with E-state index in [1.54, 1.807) is 0 Å². The number of hydrogen-bond donors (Lipinski definition) is 1. The first-order valence-corrected chi connectivity index (χ1v) is 8.04. The number of rotatable bonds is 6. The van der Waals surface area contributed by atoms with E-state index in [1.165, 1.54) is 0 Å². The zero-order valence-electron chi connectivity index (χ0n) is 13.5. The van der Waals surface area contributed by atoms with Crippen molar-refractivity contribution in [2.45, 2.75) is 52.4 Å². The molecule has 2 amide bonds. The van der Waals surface area contributed by atoms with Gasteiger partial charge in [-0.3, -0.25) is 9.59 Å². The summed E-state index contributed by atoms with van der Waals surface area (Å²) in [6.07, 6.45) is 4.98. The summed E-state index contributed by atoms with van der Waals surface area (Å²) in [5, 5.41) is 6.74. The molecule has 0 bridgehead atoms. The van der Waals surface area contributed by atoms with Crippen LogP contribution in [0.2, 0.25) is 0 Å². The molecule has 1 aliphatic rings. The molecular formula is C16H25N3O3. The molecule has 22 heavy (non-hydrogen) atoms. The van der Waals surface area contributed by atoms with E-state index in [0.717, 1.165) is 50.0 Å². The van der Waals surface area contributed by atoms with E-state index >= 15 is 0 Å². The number of nitrogens with one attached hydrogen (secondary N) is 1. The van der Waals surface area contributed by atoms with Crippen LogP contribution in [0, 0.1) is 13.8 Å². The Morgan fingerprint density at radius 1 is 1.32 bits per heavy atom. The third-order valence-corrected chi connectivity index (χ3v) is 4.12. The largest absolute Gasteiger partial charge is 0.361 e. The topological polar surface area (TPSA) is 75.4 Å². The molecule has 1 N–H and O–H groups in total. The van der Waals surface area contributed by atoms with Crippen molar-refractivity contribution < 1.29 is 14.1 Å². The van der Waals surface area contributed by atoms with Gasteiger partial charge < -0.3 is 14.7 Å². The maximum atomic E-state index is 11.9. The fourth-order valence-electron chi connectivity index (χ4n) is 2.75. The molecule has 1 fully saturated rings. The number of carbonyl (C=O) groups excluding carboxylic acids is 2. The highest BCUT2D eigenvalue weighted by atomic mass is 16.5. The minimum Gasteiger partial charge on any atom is -0.361 e. The molecule has 1 aromatic heterocycles. The number of carbonyl (C=O) groups is 2. The Hall–Kier alpha value is -1.85. The van der Waals surface area contributed by atoms with Crippen molar-refractivity contribution in [2.24, 2.45) is 0 Å². The summed E-state index contributed by atoms with van der Waals surface area (Å²) in [7, 11) is 0. The van der Waals surface area contributed by atoms with Gasteiger partial charge in [-0.15, -0.1) is 0 Å². The highest BCUT2D eigenvalue weighted by Crippen LogP contribution is 2.13. The molecule has 2 heterocycles. The van der Waals surface area contributed by atoms with Gasteiger partial charge in [0, 0.05) is 31.6 Å². The number of aromatic nitrogens is 1. The lowest BCUT2D eigenvalue weighted by Crippen LogP contribution is -2.34. The van der Waals surface area contributed by atoms with Crippen LogP contribution < -0.4 is 5.32 Å². The zero-order valence-corrected chi connectivity index (χ0v) is 13.5. The molecule has 1 saturated heterocycles. The molecule has 122 valence electrons. The molecule has 0 saturated carbocycles. The Bertz CT molecular complexity index is 505. The van der Waals surface area contributed by atoms with Crippen molar-refractivity contribution in [1.29, 1.82) is 0 Å². The van der Waals surface area contributed by atoms with Crippen molar-refractivity contribution in [2.75, 3.05) is 19.6 Å². The van der Waals surface area contributed by atoms with Gasteiger partial charge in [0.1, 0.15) is 5.76 Å². The van der Waals surface area contributed by atoms with E-state index in [-0.39, 0.29) is 11.8 Å². The summed E-state index contributed by atoms with van der Waals surface area (Å²) >= 11 is 0. The van der Waals surface area contributed by atoms with E-state index in [2.05, 4.69) is 10.5 Å². The number of aryl methyl sites for hydroxylation is 2. The summed E-state index contributed by atoms with van der Waals surface area (Å²) in [5.74, 6) is 0.916. The van der Waals surface area contributed by atoms with Crippen LogP contribution in [-0.2, 0) is 16.0 Å². The van der Waals surface area contributed by atoms with Crippen LogP contribution in [0.15, 0.2) is 4.52 Å². The summed E-state index contributed by atoms with van der Waals surface area (Å²) in [6.45, 7) is 5.82. The van der Waals surface area contributed by atoms with Crippen molar-refractivity contribution in [3.63, 3.8) is 0 Å². The monoisotopic (exact) mass is 307 g/mol. The fraction of sp³-hybridized carbons (Fsp3) is 0.688. The predicted molar refractivity (Wildman–Crippen MR) is 82.4 cm³/mol.